The van der Waals surface area contributed by atoms with Crippen molar-refractivity contribution in [1.29, 1.82) is 0 Å². The number of carbonyl (C=O) groups excluding carboxylic acids is 1. The largest absolute Gasteiger partial charge is 0.481 e. The van der Waals surface area contributed by atoms with Crippen molar-refractivity contribution >= 4 is 21.8 Å². The molecule has 3 N–H and O–H groups in total. The van der Waals surface area contributed by atoms with Crippen molar-refractivity contribution in [3.8, 4) is 0 Å². The summed E-state index contributed by atoms with van der Waals surface area (Å²) in [4.78, 5) is 22.3. The first-order valence-corrected chi connectivity index (χ1v) is 8.45. The van der Waals surface area contributed by atoms with Gasteiger partial charge >= 0.3 is 12.0 Å². The van der Waals surface area contributed by atoms with E-state index < -0.39 is 33.3 Å². The van der Waals surface area contributed by atoms with Crippen molar-refractivity contribution in [2.24, 2.45) is 5.92 Å². The molecule has 1 aliphatic heterocycles. The van der Waals surface area contributed by atoms with Crippen LogP contribution in [-0.2, 0) is 14.6 Å². The summed E-state index contributed by atoms with van der Waals surface area (Å²) in [5.74, 6) is -1.22. The molecular weight excluding hydrogens is 284 g/mol. The van der Waals surface area contributed by atoms with E-state index in [1.54, 1.807) is 13.8 Å². The van der Waals surface area contributed by atoms with E-state index in [0.717, 1.165) is 0 Å². The third-order valence-corrected chi connectivity index (χ3v) is 5.34. The Morgan fingerprint density at radius 1 is 1.40 bits per heavy atom. The van der Waals surface area contributed by atoms with E-state index in [-0.39, 0.29) is 11.5 Å². The van der Waals surface area contributed by atoms with Gasteiger partial charge in [0, 0.05) is 6.54 Å². The minimum absolute atomic E-state index is 0.0382. The lowest BCUT2D eigenvalue weighted by Crippen LogP contribution is -2.51. The van der Waals surface area contributed by atoms with Crippen molar-refractivity contribution in [3.63, 3.8) is 0 Å². The molecule has 2 amide bonds. The maximum absolute atomic E-state index is 11.7. The quantitative estimate of drug-likeness (QED) is 0.613. The number of amides is 2. The van der Waals surface area contributed by atoms with E-state index in [1.165, 1.54) is 0 Å². The normalized spacial score (nSPS) is 25.9. The van der Waals surface area contributed by atoms with Gasteiger partial charge in [0.1, 0.15) is 0 Å². The van der Waals surface area contributed by atoms with E-state index in [9.17, 15) is 18.0 Å². The van der Waals surface area contributed by atoms with Crippen LogP contribution in [0, 0.1) is 5.92 Å². The number of nitrogens with one attached hydrogen (secondary N) is 2. The van der Waals surface area contributed by atoms with Gasteiger partial charge < -0.3 is 15.7 Å². The monoisotopic (exact) mass is 306 g/mol. The fraction of sp³-hybridized carbons (Fsp3) is 0.833. The highest BCUT2D eigenvalue weighted by Crippen LogP contribution is 2.22. The number of rotatable bonds is 6. The molecule has 0 aliphatic carbocycles. The summed E-state index contributed by atoms with van der Waals surface area (Å²) in [6.45, 7) is 3.70. The minimum atomic E-state index is -3.05. The van der Waals surface area contributed by atoms with Crippen LogP contribution in [0.1, 0.15) is 33.1 Å². The van der Waals surface area contributed by atoms with Gasteiger partial charge in [-0.2, -0.15) is 0 Å². The summed E-state index contributed by atoms with van der Waals surface area (Å²) in [7, 11) is -3.05. The smallest absolute Gasteiger partial charge is 0.315 e. The van der Waals surface area contributed by atoms with Crippen molar-refractivity contribution in [1.82, 2.24) is 10.6 Å². The van der Waals surface area contributed by atoms with E-state index in [4.69, 9.17) is 5.11 Å². The molecule has 1 rings (SSSR count). The van der Waals surface area contributed by atoms with Crippen molar-refractivity contribution in [3.05, 3.63) is 0 Å². The fourth-order valence-corrected chi connectivity index (χ4v) is 4.25. The SMILES string of the molecule is CC(CCCNC(=O)NC1(C)CCS(=O)(=O)C1)C(=O)O. The standard InChI is InChI=1S/C12H22N2O5S/c1-9(10(15)16)4-3-6-13-11(17)14-12(2)5-7-20(18,19)8-12/h9H,3-8H2,1-2H3,(H,15,16)(H2,13,14,17). The summed E-state index contributed by atoms with van der Waals surface area (Å²) in [6, 6.07) is -0.410. The van der Waals surface area contributed by atoms with Gasteiger partial charge in [-0.1, -0.05) is 6.92 Å². The Morgan fingerprint density at radius 3 is 2.55 bits per heavy atom. The lowest BCUT2D eigenvalue weighted by Gasteiger charge is -2.24. The molecule has 1 saturated heterocycles. The maximum atomic E-state index is 11.7. The maximum Gasteiger partial charge on any atom is 0.315 e. The minimum Gasteiger partial charge on any atom is -0.481 e. The second-order valence-electron chi connectivity index (χ2n) is 5.67. The van der Waals surface area contributed by atoms with Gasteiger partial charge in [0.05, 0.1) is 23.0 Å². The van der Waals surface area contributed by atoms with Crippen LogP contribution in [0.15, 0.2) is 0 Å². The number of sulfone groups is 1. The summed E-state index contributed by atoms with van der Waals surface area (Å²) >= 11 is 0. The molecule has 0 bridgehead atoms. The topological polar surface area (TPSA) is 113 Å². The number of hydrogen-bond donors (Lipinski definition) is 3. The summed E-state index contributed by atoms with van der Waals surface area (Å²) < 4.78 is 22.8. The van der Waals surface area contributed by atoms with Crippen LogP contribution in [-0.4, -0.2) is 49.1 Å². The van der Waals surface area contributed by atoms with Gasteiger partial charge in [-0.15, -0.1) is 0 Å². The predicted molar refractivity (Wildman–Crippen MR) is 74.2 cm³/mol. The van der Waals surface area contributed by atoms with E-state index in [0.29, 0.717) is 25.8 Å². The van der Waals surface area contributed by atoms with Crippen LogP contribution in [0.5, 0.6) is 0 Å². The van der Waals surface area contributed by atoms with Gasteiger partial charge in [0.2, 0.25) is 0 Å². The molecule has 0 aromatic heterocycles. The number of carbonyl (C=O) groups is 2. The zero-order chi connectivity index (χ0) is 15.4. The third-order valence-electron chi connectivity index (χ3n) is 3.44. The Hall–Kier alpha value is -1.31. The molecule has 1 fully saturated rings. The first-order valence-electron chi connectivity index (χ1n) is 6.63. The van der Waals surface area contributed by atoms with Gasteiger partial charge in [-0.05, 0) is 26.2 Å². The Balaban J connectivity index is 2.26. The Kier molecular flexibility index (Phi) is 5.38. The molecule has 8 heteroatoms. The molecule has 0 saturated carbocycles. The average molecular weight is 306 g/mol. The highest BCUT2D eigenvalue weighted by atomic mass is 32.2. The second-order valence-corrected chi connectivity index (χ2v) is 7.85. The second kappa shape index (κ2) is 6.43. The number of carboxylic acids is 1. The summed E-state index contributed by atoms with van der Waals surface area (Å²) in [5, 5.41) is 14.0. The first-order chi connectivity index (χ1) is 9.14. The van der Waals surface area contributed by atoms with Gasteiger partial charge in [-0.25, -0.2) is 13.2 Å². The van der Waals surface area contributed by atoms with Crippen molar-refractivity contribution in [2.75, 3.05) is 18.1 Å². The molecular formula is C12H22N2O5S. The molecule has 0 radical (unpaired) electrons. The Morgan fingerprint density at radius 2 is 2.05 bits per heavy atom. The van der Waals surface area contributed by atoms with Crippen LogP contribution in [0.4, 0.5) is 4.79 Å². The molecule has 7 nitrogen and oxygen atoms in total. The molecule has 116 valence electrons. The highest BCUT2D eigenvalue weighted by molar-refractivity contribution is 7.91. The first kappa shape index (κ1) is 16.7. The zero-order valence-electron chi connectivity index (χ0n) is 11.8. The Labute approximate surface area is 119 Å². The van der Waals surface area contributed by atoms with E-state index >= 15 is 0 Å². The lowest BCUT2D eigenvalue weighted by molar-refractivity contribution is -0.141. The number of aliphatic carboxylic acids is 1. The molecule has 1 heterocycles. The average Bonchev–Trinajstić information content (AvgIpc) is 2.58. The zero-order valence-corrected chi connectivity index (χ0v) is 12.6. The van der Waals surface area contributed by atoms with Crippen LogP contribution in [0.25, 0.3) is 0 Å². The van der Waals surface area contributed by atoms with Crippen LogP contribution in [0.3, 0.4) is 0 Å². The highest BCUT2D eigenvalue weighted by Gasteiger charge is 2.39. The molecule has 2 unspecified atom stereocenters. The summed E-state index contributed by atoms with van der Waals surface area (Å²) in [6.07, 6.45) is 1.47. The Bertz CT molecular complexity index is 476. The van der Waals surface area contributed by atoms with Crippen LogP contribution in [0.2, 0.25) is 0 Å². The van der Waals surface area contributed by atoms with Crippen LogP contribution >= 0.6 is 0 Å². The van der Waals surface area contributed by atoms with Gasteiger partial charge in [0.15, 0.2) is 9.84 Å². The molecule has 0 spiro atoms. The van der Waals surface area contributed by atoms with Gasteiger partial charge in [0.25, 0.3) is 0 Å². The molecule has 0 aromatic carbocycles. The van der Waals surface area contributed by atoms with Gasteiger partial charge in [-0.3, -0.25) is 4.79 Å². The molecule has 0 aromatic rings. The summed E-state index contributed by atoms with van der Waals surface area (Å²) in [5.41, 5.74) is -0.711. The number of carboxylic acid groups (broad SMARTS) is 1. The number of hydrogen-bond acceptors (Lipinski definition) is 4. The molecule has 20 heavy (non-hydrogen) atoms. The van der Waals surface area contributed by atoms with E-state index in [2.05, 4.69) is 10.6 Å². The van der Waals surface area contributed by atoms with Crippen molar-refractivity contribution in [2.45, 2.75) is 38.6 Å². The van der Waals surface area contributed by atoms with E-state index in [1.807, 2.05) is 0 Å². The molecule has 2 atom stereocenters. The predicted octanol–water partition coefficient (Wildman–Crippen LogP) is 0.364. The third kappa shape index (κ3) is 5.36. The molecule has 1 aliphatic rings. The van der Waals surface area contributed by atoms with Crippen LogP contribution < -0.4 is 10.6 Å². The lowest BCUT2D eigenvalue weighted by atomic mass is 10.0. The number of urea groups is 1. The van der Waals surface area contributed by atoms with Crippen molar-refractivity contribution < 1.29 is 23.1 Å². The fourth-order valence-electron chi connectivity index (χ4n) is 2.16.